The largest absolute Gasteiger partial charge is 0.494 e. The number of aldehydes is 1. The Balaban J connectivity index is 0.000000269. The molecule has 0 aliphatic carbocycles. The normalized spacial score (nSPS) is 11.0. The number of primary amides is 1. The monoisotopic (exact) mass is 841 g/mol. The third-order valence-corrected chi connectivity index (χ3v) is 7.83. The van der Waals surface area contributed by atoms with Gasteiger partial charge in [0, 0.05) is 41.0 Å². The molecule has 0 bridgehead atoms. The summed E-state index contributed by atoms with van der Waals surface area (Å²) in [4.78, 5) is 81.0. The van der Waals surface area contributed by atoms with Crippen LogP contribution >= 0.6 is 0 Å². The molecule has 0 atom stereocenters. The van der Waals surface area contributed by atoms with Crippen LogP contribution in [0.5, 0.6) is 11.5 Å². The summed E-state index contributed by atoms with van der Waals surface area (Å²) in [5, 5.41) is 29.1. The standard InChI is InChI=1S/C21H17N5O5.C9H10O2.C7H4N2O3.C4H4N4/c1-2-31-15-9-3-12(4-10-15)20-23-18(19(22)28)16-11-17(27)25(21(16)24-20)13-5-7-14(8-6-13)26(29)30;1-2-11-9-5-3-8(7-10)4-6-9;10-5-8-6-1-3-7(4-2-6)9(11)12;1-8-4(7)3(6)2-5/h3-10H,2,11H2,1H3,(H2,22,28);3-7H,2H2,1H3;1-4H;6-7H2/b;;;4-3+. The first-order valence-corrected chi connectivity index (χ1v) is 17.8. The van der Waals surface area contributed by atoms with Crippen molar-refractivity contribution in [2.75, 3.05) is 18.1 Å². The van der Waals surface area contributed by atoms with Crippen molar-refractivity contribution in [1.29, 1.82) is 5.26 Å². The molecule has 2 heterocycles. The van der Waals surface area contributed by atoms with E-state index in [4.69, 9.17) is 38.5 Å². The minimum Gasteiger partial charge on any atom is -0.494 e. The maximum Gasteiger partial charge on any atom is 0.269 e. The summed E-state index contributed by atoms with van der Waals surface area (Å²) < 4.78 is 10.6. The van der Waals surface area contributed by atoms with E-state index in [1.165, 1.54) is 65.6 Å². The molecular weight excluding hydrogens is 807 g/mol. The second-order valence-electron chi connectivity index (χ2n) is 11.8. The van der Waals surface area contributed by atoms with E-state index in [0.29, 0.717) is 47.0 Å². The predicted octanol–water partition coefficient (Wildman–Crippen LogP) is 5.75. The fourth-order valence-corrected chi connectivity index (χ4v) is 4.99. The van der Waals surface area contributed by atoms with E-state index in [9.17, 15) is 39.4 Å². The van der Waals surface area contributed by atoms with Crippen LogP contribution in [0.25, 0.3) is 16.2 Å². The van der Waals surface area contributed by atoms with Gasteiger partial charge < -0.3 is 31.5 Å². The summed E-state index contributed by atoms with van der Waals surface area (Å²) in [6.07, 6.45) is 2.05. The molecule has 1 aliphatic heterocycles. The van der Waals surface area contributed by atoms with Gasteiger partial charge in [-0.25, -0.2) is 14.8 Å². The molecule has 0 saturated carbocycles. The number of aromatic nitrogens is 2. The van der Waals surface area contributed by atoms with Crippen LogP contribution in [-0.4, -0.2) is 57.2 Å². The summed E-state index contributed by atoms with van der Waals surface area (Å²) in [5.74, 6) is 0.563. The first-order chi connectivity index (χ1) is 29.7. The van der Waals surface area contributed by atoms with Crippen LogP contribution in [0.15, 0.2) is 114 Å². The number of nitro groups is 2. The molecule has 1 aromatic heterocycles. The number of benzene rings is 4. The number of hydrogen-bond donors (Lipinski definition) is 3. The zero-order valence-electron chi connectivity index (χ0n) is 32.8. The van der Waals surface area contributed by atoms with Crippen LogP contribution < -0.4 is 31.6 Å². The van der Waals surface area contributed by atoms with E-state index < -0.39 is 15.8 Å². The highest BCUT2D eigenvalue weighted by Gasteiger charge is 2.35. The van der Waals surface area contributed by atoms with Crippen LogP contribution in [0.2, 0.25) is 0 Å². The molecule has 21 heteroatoms. The molecule has 5 aromatic rings. The Morgan fingerprint density at radius 2 is 1.40 bits per heavy atom. The number of amides is 2. The highest BCUT2D eigenvalue weighted by molar-refractivity contribution is 6.09. The van der Waals surface area contributed by atoms with E-state index in [1.807, 2.05) is 13.8 Å². The van der Waals surface area contributed by atoms with E-state index in [0.717, 1.165) is 12.0 Å². The van der Waals surface area contributed by atoms with Gasteiger partial charge in [0.2, 0.25) is 12.0 Å². The molecular formula is C41H35N11O10. The Morgan fingerprint density at radius 1 is 0.887 bits per heavy atom. The van der Waals surface area contributed by atoms with Gasteiger partial charge in [0.05, 0.1) is 40.9 Å². The molecule has 314 valence electrons. The Morgan fingerprint density at radius 3 is 1.82 bits per heavy atom. The third kappa shape index (κ3) is 13.1. The van der Waals surface area contributed by atoms with Crippen molar-refractivity contribution >= 4 is 52.7 Å². The Kier molecular flexibility index (Phi) is 17.6. The van der Waals surface area contributed by atoms with Crippen LogP contribution in [-0.2, 0) is 16.0 Å². The Hall–Kier alpha value is -9.33. The average molecular weight is 842 g/mol. The van der Waals surface area contributed by atoms with Gasteiger partial charge in [-0.05, 0) is 86.6 Å². The van der Waals surface area contributed by atoms with Crippen LogP contribution in [0.4, 0.5) is 28.6 Å². The number of carbonyl (C=O) groups excluding carboxylic acids is 4. The van der Waals surface area contributed by atoms with Crippen molar-refractivity contribution in [2.24, 2.45) is 22.2 Å². The summed E-state index contributed by atoms with van der Waals surface area (Å²) >= 11 is 0. The number of nitrogens with zero attached hydrogens (tertiary/aromatic N) is 8. The average Bonchev–Trinajstić information content (AvgIpc) is 3.62. The SMILES string of the molecule is CCOc1ccc(-c2nc(C(N)=O)c3c(n2)N(c2ccc([N+](=O)[O-])cc2)C(=O)C3)cc1.CCOc1ccc(C=O)cc1.O=C=Nc1ccc([N+](=O)[O-])cc1.[C-]#[N+]/C(N)=C(/N)C#N. The lowest BCUT2D eigenvalue weighted by Crippen LogP contribution is -2.21. The maximum atomic E-state index is 12.7. The second-order valence-corrected chi connectivity index (χ2v) is 11.8. The fourth-order valence-electron chi connectivity index (χ4n) is 4.99. The summed E-state index contributed by atoms with van der Waals surface area (Å²) in [7, 11) is 0. The third-order valence-electron chi connectivity index (χ3n) is 7.83. The number of nitro benzene ring substituents is 2. The zero-order valence-corrected chi connectivity index (χ0v) is 32.8. The van der Waals surface area contributed by atoms with Crippen molar-refractivity contribution in [3.63, 3.8) is 0 Å². The van der Waals surface area contributed by atoms with Crippen LogP contribution in [0.3, 0.4) is 0 Å². The number of nitriles is 1. The fraction of sp³-hybridized carbons (Fsp3) is 0.122. The highest BCUT2D eigenvalue weighted by Crippen LogP contribution is 2.37. The van der Waals surface area contributed by atoms with Crippen LogP contribution in [0.1, 0.15) is 40.3 Å². The number of fused-ring (bicyclic) bond motifs is 1. The number of isocyanates is 1. The van der Waals surface area contributed by atoms with E-state index in [2.05, 4.69) is 19.8 Å². The molecule has 0 unspecified atom stereocenters. The lowest BCUT2D eigenvalue weighted by atomic mass is 10.1. The van der Waals surface area contributed by atoms with Gasteiger partial charge in [-0.15, -0.1) is 0 Å². The van der Waals surface area contributed by atoms with Crippen molar-refractivity contribution < 1.29 is 38.5 Å². The molecule has 2 amide bonds. The van der Waals surface area contributed by atoms with Gasteiger partial charge in [-0.3, -0.25) is 39.5 Å². The summed E-state index contributed by atoms with van der Waals surface area (Å²) in [6.45, 7) is 11.2. The van der Waals surface area contributed by atoms with Crippen molar-refractivity contribution in [1.82, 2.24) is 9.97 Å². The summed E-state index contributed by atoms with van der Waals surface area (Å²) in [5.41, 5.74) is 17.3. The zero-order chi connectivity index (χ0) is 45.8. The number of ether oxygens (including phenoxy) is 2. The molecule has 62 heavy (non-hydrogen) atoms. The molecule has 21 nitrogen and oxygen atoms in total. The molecule has 0 spiro atoms. The number of aliphatic imine (C=N–C) groups is 1. The molecule has 6 N–H and O–H groups in total. The van der Waals surface area contributed by atoms with Gasteiger partial charge in [-0.2, -0.15) is 10.3 Å². The van der Waals surface area contributed by atoms with Crippen molar-refractivity contribution in [3.8, 4) is 29.0 Å². The van der Waals surface area contributed by atoms with E-state index in [1.54, 1.807) is 48.5 Å². The second kappa shape index (κ2) is 23.2. The van der Waals surface area contributed by atoms with Gasteiger partial charge >= 0.3 is 0 Å². The number of allylic oxidation sites excluding steroid dienone is 1. The predicted molar refractivity (Wildman–Crippen MR) is 223 cm³/mol. The van der Waals surface area contributed by atoms with Gasteiger partial charge in [0.25, 0.3) is 23.1 Å². The lowest BCUT2D eigenvalue weighted by Gasteiger charge is -2.17. The van der Waals surface area contributed by atoms with Gasteiger partial charge in [-0.1, -0.05) is 6.57 Å². The number of anilines is 2. The molecule has 1 aliphatic rings. The molecule has 6 rings (SSSR count). The number of nitrogens with two attached hydrogens (primary N) is 3. The quantitative estimate of drug-likeness (QED) is 0.0271. The number of carbonyl (C=O) groups is 3. The first-order valence-electron chi connectivity index (χ1n) is 17.8. The minimum absolute atomic E-state index is 0.0279. The molecule has 0 fully saturated rings. The van der Waals surface area contributed by atoms with Gasteiger partial charge in [0.1, 0.15) is 41.1 Å². The molecule has 4 aromatic carbocycles. The Labute approximate surface area is 352 Å². The van der Waals surface area contributed by atoms with Crippen molar-refractivity contribution in [2.45, 2.75) is 20.3 Å². The number of non-ortho nitro benzene ring substituents is 2. The van der Waals surface area contributed by atoms with Crippen molar-refractivity contribution in [3.05, 3.63) is 157 Å². The number of rotatable bonds is 11. The highest BCUT2D eigenvalue weighted by atomic mass is 16.6. The summed E-state index contributed by atoms with van der Waals surface area (Å²) in [6, 6.07) is 26.4. The smallest absolute Gasteiger partial charge is 0.269 e. The maximum absolute atomic E-state index is 12.7. The molecule has 0 radical (unpaired) electrons. The van der Waals surface area contributed by atoms with Gasteiger partial charge in [0.15, 0.2) is 5.82 Å². The van der Waals surface area contributed by atoms with E-state index >= 15 is 0 Å². The number of hydrogen-bond acceptors (Lipinski definition) is 16. The minimum atomic E-state index is -0.774. The lowest BCUT2D eigenvalue weighted by molar-refractivity contribution is -0.385. The Bertz CT molecular complexity index is 2540. The van der Waals surface area contributed by atoms with Crippen LogP contribution in [0, 0.1) is 38.1 Å². The van der Waals surface area contributed by atoms with E-state index in [-0.39, 0.29) is 52.6 Å². The first kappa shape index (κ1) is 47.0. The topological polar surface area (TPSA) is 321 Å². The molecule has 0 saturated heterocycles.